The second kappa shape index (κ2) is 5.05. The summed E-state index contributed by atoms with van der Waals surface area (Å²) in [5.74, 6) is -1.82. The lowest BCUT2D eigenvalue weighted by Crippen LogP contribution is -2.38. The molecular weight excluding hydrogens is 225 g/mol. The molecule has 0 amide bonds. The smallest absolute Gasteiger partial charge is 0.401 e. The van der Waals surface area contributed by atoms with Gasteiger partial charge in [0.05, 0.1) is 13.4 Å². The fourth-order valence-corrected chi connectivity index (χ4v) is 0.640. The van der Waals surface area contributed by atoms with Gasteiger partial charge >= 0.3 is 6.18 Å². The van der Waals surface area contributed by atoms with E-state index in [0.29, 0.717) is 6.08 Å². The van der Waals surface area contributed by atoms with Crippen LogP contribution in [0.3, 0.4) is 0 Å². The normalized spacial score (nSPS) is 14.2. The molecule has 92 valence electrons. The summed E-state index contributed by atoms with van der Waals surface area (Å²) in [7, 11) is 1.30. The lowest BCUT2D eigenvalue weighted by Gasteiger charge is -2.24. The summed E-state index contributed by atoms with van der Waals surface area (Å²) in [5, 5.41) is 9.09. The highest BCUT2D eigenvalue weighted by Crippen LogP contribution is 2.38. The minimum atomic E-state index is -4.66. The van der Waals surface area contributed by atoms with Gasteiger partial charge in [-0.3, -0.25) is 4.79 Å². The number of ketones is 1. The number of ether oxygens (including phenoxy) is 1. The molecule has 0 aliphatic rings. The maximum Gasteiger partial charge on any atom is 0.401 e. The van der Waals surface area contributed by atoms with Crippen molar-refractivity contribution in [1.82, 2.24) is 0 Å². The van der Waals surface area contributed by atoms with Crippen molar-refractivity contribution >= 4 is 5.78 Å². The molecule has 0 rings (SSSR count). The highest BCUT2D eigenvalue weighted by molar-refractivity contribution is 5.95. The number of rotatable bonds is 4. The molecule has 0 aromatic rings. The monoisotopic (exact) mass is 238 g/mol. The first kappa shape index (κ1) is 14.5. The number of carbonyl (C=O) groups excluding carboxylic acids is 1. The SMILES string of the molecule is CO/C=C/C(O)=C\C(=O)C(C)(C)C(F)(F)F. The minimum Gasteiger partial charge on any atom is -0.508 e. The van der Waals surface area contributed by atoms with Crippen LogP contribution in [0.15, 0.2) is 24.2 Å². The van der Waals surface area contributed by atoms with Gasteiger partial charge in [-0.25, -0.2) is 0 Å². The Balaban J connectivity index is 4.89. The van der Waals surface area contributed by atoms with E-state index in [0.717, 1.165) is 26.2 Å². The summed E-state index contributed by atoms with van der Waals surface area (Å²) < 4.78 is 41.7. The van der Waals surface area contributed by atoms with Crippen LogP contribution in [0, 0.1) is 5.41 Å². The van der Waals surface area contributed by atoms with E-state index in [1.807, 2.05) is 0 Å². The van der Waals surface area contributed by atoms with E-state index < -0.39 is 23.1 Å². The third-order valence-electron chi connectivity index (χ3n) is 1.98. The van der Waals surface area contributed by atoms with Crippen LogP contribution in [0.2, 0.25) is 0 Å². The van der Waals surface area contributed by atoms with E-state index in [2.05, 4.69) is 4.74 Å². The Morgan fingerprint density at radius 2 is 1.81 bits per heavy atom. The minimum absolute atomic E-state index is 0.517. The van der Waals surface area contributed by atoms with Crippen molar-refractivity contribution in [1.29, 1.82) is 0 Å². The molecule has 0 unspecified atom stereocenters. The lowest BCUT2D eigenvalue weighted by atomic mass is 9.87. The van der Waals surface area contributed by atoms with E-state index in [1.165, 1.54) is 7.11 Å². The van der Waals surface area contributed by atoms with Gasteiger partial charge in [-0.1, -0.05) is 0 Å². The van der Waals surface area contributed by atoms with Crippen LogP contribution in [-0.4, -0.2) is 24.2 Å². The molecule has 0 atom stereocenters. The van der Waals surface area contributed by atoms with Crippen molar-refractivity contribution in [2.75, 3.05) is 7.11 Å². The van der Waals surface area contributed by atoms with Crippen LogP contribution >= 0.6 is 0 Å². The maximum atomic E-state index is 12.4. The average Bonchev–Trinajstić information content (AvgIpc) is 2.12. The van der Waals surface area contributed by atoms with Gasteiger partial charge in [0.15, 0.2) is 5.78 Å². The van der Waals surface area contributed by atoms with E-state index in [-0.39, 0.29) is 0 Å². The highest BCUT2D eigenvalue weighted by atomic mass is 19.4. The maximum absolute atomic E-state index is 12.4. The molecule has 1 N–H and O–H groups in total. The quantitative estimate of drug-likeness (QED) is 0.465. The summed E-state index contributed by atoms with van der Waals surface area (Å²) in [6, 6.07) is 0. The van der Waals surface area contributed by atoms with Gasteiger partial charge in [-0.05, 0) is 13.8 Å². The molecule has 0 aromatic heterocycles. The van der Waals surface area contributed by atoms with Crippen molar-refractivity contribution in [2.24, 2.45) is 5.41 Å². The van der Waals surface area contributed by atoms with E-state index >= 15 is 0 Å². The predicted octanol–water partition coefficient (Wildman–Crippen LogP) is 2.75. The van der Waals surface area contributed by atoms with Crippen LogP contribution < -0.4 is 0 Å². The van der Waals surface area contributed by atoms with Gasteiger partial charge in [-0.2, -0.15) is 13.2 Å². The zero-order valence-corrected chi connectivity index (χ0v) is 9.13. The number of hydrogen-bond donors (Lipinski definition) is 1. The summed E-state index contributed by atoms with van der Waals surface area (Å²) >= 11 is 0. The fourth-order valence-electron chi connectivity index (χ4n) is 0.640. The Bertz CT molecular complexity index is 314. The summed E-state index contributed by atoms with van der Waals surface area (Å²) in [4.78, 5) is 11.3. The van der Waals surface area contributed by atoms with E-state index in [9.17, 15) is 18.0 Å². The van der Waals surface area contributed by atoms with Gasteiger partial charge < -0.3 is 9.84 Å². The Morgan fingerprint density at radius 3 is 2.19 bits per heavy atom. The van der Waals surface area contributed by atoms with Gasteiger partial charge in [0.1, 0.15) is 11.2 Å². The van der Waals surface area contributed by atoms with E-state index in [4.69, 9.17) is 5.11 Å². The molecule has 0 aliphatic carbocycles. The first-order valence-electron chi connectivity index (χ1n) is 4.34. The van der Waals surface area contributed by atoms with Crippen LogP contribution in [0.25, 0.3) is 0 Å². The predicted molar refractivity (Wildman–Crippen MR) is 51.7 cm³/mol. The number of aliphatic hydroxyl groups excluding tert-OH is 1. The van der Waals surface area contributed by atoms with Crippen LogP contribution in [0.1, 0.15) is 13.8 Å². The second-order valence-electron chi connectivity index (χ2n) is 3.59. The molecule has 0 aromatic carbocycles. The average molecular weight is 238 g/mol. The largest absolute Gasteiger partial charge is 0.508 e. The topological polar surface area (TPSA) is 46.5 Å². The van der Waals surface area contributed by atoms with Crippen molar-refractivity contribution < 1.29 is 27.8 Å². The molecule has 0 spiro atoms. The highest BCUT2D eigenvalue weighted by Gasteiger charge is 2.51. The number of carbonyl (C=O) groups is 1. The number of allylic oxidation sites excluding steroid dienone is 2. The Labute approximate surface area is 91.2 Å². The number of alkyl halides is 3. The molecule has 0 heterocycles. The van der Waals surface area contributed by atoms with Crippen molar-refractivity contribution in [3.63, 3.8) is 0 Å². The van der Waals surface area contributed by atoms with Gasteiger partial charge in [0, 0.05) is 12.2 Å². The molecular formula is C10H13F3O3. The van der Waals surface area contributed by atoms with Crippen molar-refractivity contribution in [3.05, 3.63) is 24.2 Å². The molecule has 0 bridgehead atoms. The van der Waals surface area contributed by atoms with Gasteiger partial charge in [-0.15, -0.1) is 0 Å². The molecule has 0 fully saturated rings. The summed E-state index contributed by atoms with van der Waals surface area (Å²) in [6.07, 6.45) is -2.13. The number of halogens is 3. The third kappa shape index (κ3) is 3.60. The Hall–Kier alpha value is -1.46. The Kier molecular flexibility index (Phi) is 4.59. The van der Waals surface area contributed by atoms with Gasteiger partial charge in [0.25, 0.3) is 0 Å². The van der Waals surface area contributed by atoms with Crippen LogP contribution in [0.4, 0.5) is 13.2 Å². The standard InChI is InChI=1S/C10H13F3O3/c1-9(2,10(11,12)13)8(15)6-7(14)4-5-16-3/h4-6,14H,1-3H3/b5-4+,7-6+. The third-order valence-corrected chi connectivity index (χ3v) is 1.98. The zero-order chi connectivity index (χ0) is 13.0. The molecule has 0 aliphatic heterocycles. The molecule has 3 nitrogen and oxygen atoms in total. The first-order chi connectivity index (χ1) is 7.13. The number of aliphatic hydroxyl groups is 1. The molecule has 0 saturated carbocycles. The number of methoxy groups -OCH3 is 1. The molecule has 0 saturated heterocycles. The van der Waals surface area contributed by atoms with Crippen LogP contribution in [0.5, 0.6) is 0 Å². The summed E-state index contributed by atoms with van der Waals surface area (Å²) in [5.41, 5.74) is -2.53. The second-order valence-corrected chi connectivity index (χ2v) is 3.59. The van der Waals surface area contributed by atoms with Gasteiger partial charge in [0.2, 0.25) is 0 Å². The molecule has 16 heavy (non-hydrogen) atoms. The zero-order valence-electron chi connectivity index (χ0n) is 9.13. The van der Waals surface area contributed by atoms with Crippen molar-refractivity contribution in [2.45, 2.75) is 20.0 Å². The number of hydrogen-bond acceptors (Lipinski definition) is 3. The van der Waals surface area contributed by atoms with Crippen LogP contribution in [-0.2, 0) is 9.53 Å². The first-order valence-corrected chi connectivity index (χ1v) is 4.34. The fraction of sp³-hybridized carbons (Fsp3) is 0.500. The Morgan fingerprint density at radius 1 is 1.31 bits per heavy atom. The summed E-state index contributed by atoms with van der Waals surface area (Å²) in [6.45, 7) is 1.50. The van der Waals surface area contributed by atoms with E-state index in [1.54, 1.807) is 0 Å². The van der Waals surface area contributed by atoms with Crippen molar-refractivity contribution in [3.8, 4) is 0 Å². The molecule has 6 heteroatoms. The lowest BCUT2D eigenvalue weighted by molar-refractivity contribution is -0.207. The molecule has 0 radical (unpaired) electrons.